The molecule has 0 aliphatic carbocycles. The predicted octanol–water partition coefficient (Wildman–Crippen LogP) is 9.49. The summed E-state index contributed by atoms with van der Waals surface area (Å²) in [6.45, 7) is 1.96. The van der Waals surface area contributed by atoms with Crippen LogP contribution < -0.4 is 11.1 Å². The molecule has 0 spiro atoms. The summed E-state index contributed by atoms with van der Waals surface area (Å²) < 4.78 is 30.1. The van der Waals surface area contributed by atoms with Crippen molar-refractivity contribution in [2.24, 2.45) is 14.1 Å². The lowest BCUT2D eigenvalue weighted by molar-refractivity contribution is -0.135. The number of fused-ring (bicyclic) bond motifs is 2. The van der Waals surface area contributed by atoms with E-state index in [1.807, 2.05) is 66.4 Å². The monoisotopic (exact) mass is 961 g/mol. The molecule has 2 aliphatic heterocycles. The SMILES string of the molecule is C.C.C.CN(C=O)C1(C(=O)Nc2ccc3c(c2)c(-c2ccc(F)cc2)nn3C)CCN(CC(=O)N2CC=C(c3ccc(-c4ncccn4)cc3)CC2)C1.Cn1nc(-c2ccc(F)cc2)c2cc(N)ccc21. The van der Waals surface area contributed by atoms with Gasteiger partial charge < -0.3 is 20.9 Å². The largest absolute Gasteiger partial charge is 0.399 e. The summed E-state index contributed by atoms with van der Waals surface area (Å²) in [6, 6.07) is 33.5. The summed E-state index contributed by atoms with van der Waals surface area (Å²) in [5.74, 6) is -0.252. The average molecular weight is 962 g/mol. The molecule has 1 unspecified atom stereocenters. The van der Waals surface area contributed by atoms with Gasteiger partial charge in [0.05, 0.1) is 17.6 Å². The molecule has 1 fully saturated rings. The van der Waals surface area contributed by atoms with Crippen molar-refractivity contribution in [3.05, 3.63) is 151 Å². The molecule has 5 aromatic carbocycles. The lowest BCUT2D eigenvalue weighted by Crippen LogP contribution is -2.57. The van der Waals surface area contributed by atoms with E-state index in [4.69, 9.17) is 5.73 Å². The standard InChI is InChI=1S/C38H37FN8O3.C14H12FN3.3CH4/c1-44(25-48)38(37(50)42-31-12-13-33-32(22-31)35(43-45(33)2)28-8-10-30(39)11-9-28)16-21-46(24-38)23-34(49)47-19-14-27(15-20-47)26-4-6-29(7-5-26)36-40-17-3-18-41-36;1-18-13-7-6-11(16)8-12(13)14(17-18)9-2-4-10(15)5-3-9;;;/h3-14,17-18,22,25H,15-16,19-21,23-24H2,1-2H3,(H,42,50);2-8H,16H2,1H3;3*1H4. The number of carbonyl (C=O) groups is 3. The first-order chi connectivity index (χ1) is 32.9. The second-order valence-electron chi connectivity index (χ2n) is 17.1. The highest BCUT2D eigenvalue weighted by molar-refractivity contribution is 6.03. The minimum Gasteiger partial charge on any atom is -0.399 e. The molecule has 71 heavy (non-hydrogen) atoms. The molecule has 3 N–H and O–H groups in total. The van der Waals surface area contributed by atoms with Gasteiger partial charge in [-0.1, -0.05) is 52.6 Å². The van der Waals surface area contributed by atoms with Crippen molar-refractivity contribution in [3.63, 3.8) is 0 Å². The number of aromatic nitrogens is 6. The molecule has 10 rings (SSSR count). The number of likely N-dealkylation sites (tertiary alicyclic amines) is 1. The molecule has 8 aromatic rings. The number of nitrogens with zero attached hydrogens (tertiary/aromatic N) is 9. The number of carbonyl (C=O) groups excluding carboxylic acids is 3. The molecule has 0 bridgehead atoms. The normalized spacial score (nSPS) is 15.3. The molecule has 368 valence electrons. The van der Waals surface area contributed by atoms with Gasteiger partial charge in [0, 0.05) is 98.6 Å². The van der Waals surface area contributed by atoms with Gasteiger partial charge in [0.15, 0.2) is 5.82 Å². The molecular formula is C55H61F2N11O3. The number of likely N-dealkylation sites (N-methyl/N-ethyl adjacent to an activating group) is 1. The number of hydrogen-bond donors (Lipinski definition) is 2. The van der Waals surface area contributed by atoms with E-state index in [1.165, 1.54) is 34.7 Å². The number of anilines is 2. The quantitative estimate of drug-likeness (QED) is 0.101. The zero-order valence-electron chi connectivity index (χ0n) is 37.8. The highest BCUT2D eigenvalue weighted by Gasteiger charge is 2.48. The molecule has 3 aromatic heterocycles. The van der Waals surface area contributed by atoms with Gasteiger partial charge in [-0.2, -0.15) is 10.2 Å². The van der Waals surface area contributed by atoms with Crippen molar-refractivity contribution >= 4 is 57.0 Å². The Kier molecular flexibility index (Phi) is 16.3. The van der Waals surface area contributed by atoms with Crippen LogP contribution in [0.3, 0.4) is 0 Å². The molecule has 3 amide bonds. The van der Waals surface area contributed by atoms with Gasteiger partial charge in [0.25, 0.3) is 5.91 Å². The van der Waals surface area contributed by atoms with E-state index in [0.29, 0.717) is 55.4 Å². The van der Waals surface area contributed by atoms with Crippen molar-refractivity contribution in [2.75, 3.05) is 50.8 Å². The van der Waals surface area contributed by atoms with E-state index in [-0.39, 0.29) is 58.8 Å². The first kappa shape index (κ1) is 52.3. The number of hydrogen-bond acceptors (Lipinski definition) is 9. The predicted molar refractivity (Wildman–Crippen MR) is 280 cm³/mol. The minimum absolute atomic E-state index is 0. The van der Waals surface area contributed by atoms with Crippen molar-refractivity contribution in [3.8, 4) is 33.9 Å². The maximum Gasteiger partial charge on any atom is 0.251 e. The summed E-state index contributed by atoms with van der Waals surface area (Å²) in [6.07, 6.45) is 7.32. The van der Waals surface area contributed by atoms with Crippen LogP contribution in [0, 0.1) is 11.6 Å². The lowest BCUT2D eigenvalue weighted by Gasteiger charge is -2.35. The molecule has 1 atom stereocenters. The highest BCUT2D eigenvalue weighted by Crippen LogP contribution is 2.34. The molecule has 0 radical (unpaired) electrons. The summed E-state index contributed by atoms with van der Waals surface area (Å²) in [5, 5.41) is 13.9. The van der Waals surface area contributed by atoms with E-state index >= 15 is 0 Å². The number of amides is 3. The van der Waals surface area contributed by atoms with Crippen molar-refractivity contribution in [2.45, 2.75) is 40.7 Å². The van der Waals surface area contributed by atoms with Crippen LogP contribution in [0.2, 0.25) is 0 Å². The van der Waals surface area contributed by atoms with Crippen LogP contribution in [0.4, 0.5) is 20.2 Å². The third-order valence-corrected chi connectivity index (χ3v) is 12.8. The molecular weight excluding hydrogens is 901 g/mol. The third-order valence-electron chi connectivity index (χ3n) is 12.8. The van der Waals surface area contributed by atoms with E-state index < -0.39 is 5.54 Å². The Bertz CT molecular complexity index is 3170. The Balaban J connectivity index is 0.000000330. The van der Waals surface area contributed by atoms with Gasteiger partial charge in [0.2, 0.25) is 12.3 Å². The summed E-state index contributed by atoms with van der Waals surface area (Å²) >= 11 is 0. The topological polar surface area (TPSA) is 160 Å². The van der Waals surface area contributed by atoms with Crippen LogP contribution in [-0.2, 0) is 28.5 Å². The summed E-state index contributed by atoms with van der Waals surface area (Å²) in [4.78, 5) is 53.3. The summed E-state index contributed by atoms with van der Waals surface area (Å²) in [7, 11) is 5.31. The van der Waals surface area contributed by atoms with Crippen LogP contribution >= 0.6 is 0 Å². The summed E-state index contributed by atoms with van der Waals surface area (Å²) in [5.41, 5.74) is 14.1. The van der Waals surface area contributed by atoms with E-state index in [9.17, 15) is 23.2 Å². The van der Waals surface area contributed by atoms with E-state index in [1.54, 1.807) is 65.2 Å². The Morgan fingerprint density at radius 2 is 1.30 bits per heavy atom. The number of aryl methyl sites for hydroxylation is 2. The van der Waals surface area contributed by atoms with Crippen molar-refractivity contribution < 1.29 is 23.2 Å². The van der Waals surface area contributed by atoms with Gasteiger partial charge in [-0.15, -0.1) is 0 Å². The minimum atomic E-state index is -1.16. The van der Waals surface area contributed by atoms with Crippen molar-refractivity contribution in [1.29, 1.82) is 0 Å². The number of halogens is 2. The van der Waals surface area contributed by atoms with Crippen LogP contribution in [0.25, 0.3) is 61.3 Å². The number of nitrogens with one attached hydrogen (secondary N) is 1. The highest BCUT2D eigenvalue weighted by atomic mass is 19.1. The molecule has 5 heterocycles. The first-order valence-electron chi connectivity index (χ1n) is 22.2. The van der Waals surface area contributed by atoms with Gasteiger partial charge >= 0.3 is 0 Å². The average Bonchev–Trinajstić information content (AvgIpc) is 4.05. The van der Waals surface area contributed by atoms with E-state index in [0.717, 1.165) is 56.2 Å². The molecule has 16 heteroatoms. The van der Waals surface area contributed by atoms with Gasteiger partial charge in [-0.25, -0.2) is 18.7 Å². The maximum atomic E-state index is 14.0. The Morgan fingerprint density at radius 3 is 1.86 bits per heavy atom. The maximum absolute atomic E-state index is 14.0. The van der Waals surface area contributed by atoms with E-state index in [2.05, 4.69) is 43.7 Å². The zero-order valence-corrected chi connectivity index (χ0v) is 37.8. The van der Waals surface area contributed by atoms with Crippen molar-refractivity contribution in [1.82, 2.24) is 44.2 Å². The van der Waals surface area contributed by atoms with Gasteiger partial charge in [-0.05, 0) is 115 Å². The van der Waals surface area contributed by atoms with Gasteiger partial charge in [0.1, 0.15) is 28.6 Å². The van der Waals surface area contributed by atoms with Crippen LogP contribution in [-0.4, -0.2) is 108 Å². The fourth-order valence-corrected chi connectivity index (χ4v) is 8.99. The fraction of sp³-hybridized carbons (Fsp3) is 0.255. The number of nitrogens with two attached hydrogens (primary N) is 1. The molecule has 2 aliphatic rings. The molecule has 1 saturated heterocycles. The Hall–Kier alpha value is -8.11. The van der Waals surface area contributed by atoms with Gasteiger partial charge in [-0.3, -0.25) is 28.6 Å². The Morgan fingerprint density at radius 1 is 0.746 bits per heavy atom. The molecule has 0 saturated carbocycles. The number of benzene rings is 5. The van der Waals surface area contributed by atoms with Crippen LogP contribution in [0.15, 0.2) is 134 Å². The van der Waals surface area contributed by atoms with Crippen LogP contribution in [0.5, 0.6) is 0 Å². The zero-order chi connectivity index (χ0) is 47.5. The Labute approximate surface area is 413 Å². The molecule has 14 nitrogen and oxygen atoms in total. The second kappa shape index (κ2) is 22.1. The third kappa shape index (κ3) is 10.9. The fourth-order valence-electron chi connectivity index (χ4n) is 8.99. The number of rotatable bonds is 10. The lowest BCUT2D eigenvalue weighted by atomic mass is 9.95. The first-order valence-corrected chi connectivity index (χ1v) is 22.2. The smallest absolute Gasteiger partial charge is 0.251 e. The second-order valence-corrected chi connectivity index (χ2v) is 17.1. The van der Waals surface area contributed by atoms with Crippen LogP contribution in [0.1, 0.15) is 40.7 Å². The number of nitrogen functional groups attached to an aromatic ring is 1.